The van der Waals surface area contributed by atoms with Crippen molar-refractivity contribution in [2.45, 2.75) is 19.4 Å². The predicted octanol–water partition coefficient (Wildman–Crippen LogP) is 3.69. The van der Waals surface area contributed by atoms with Crippen LogP contribution in [0.4, 0.5) is 5.88 Å². The number of nitrogens with zero attached hydrogens (tertiary/aromatic N) is 4. The Morgan fingerprint density at radius 3 is 2.74 bits per heavy atom. The molecule has 0 N–H and O–H groups in total. The van der Waals surface area contributed by atoms with E-state index in [-0.39, 0.29) is 23.4 Å². The van der Waals surface area contributed by atoms with Crippen molar-refractivity contribution in [3.8, 4) is 23.5 Å². The fourth-order valence-corrected chi connectivity index (χ4v) is 3.91. The molecule has 1 saturated heterocycles. The van der Waals surface area contributed by atoms with Crippen LogP contribution in [0.1, 0.15) is 24.1 Å². The SMILES string of the molecule is COc1ccccc1CN(C)C(=O)C1CCN(c2oc(-c3ccco3)nc2C#N)CC1. The molecule has 0 aliphatic carbocycles. The Morgan fingerprint density at radius 1 is 1.29 bits per heavy atom. The summed E-state index contributed by atoms with van der Waals surface area (Å²) in [6, 6.07) is 13.3. The van der Waals surface area contributed by atoms with Gasteiger partial charge in [-0.1, -0.05) is 18.2 Å². The molecule has 1 aliphatic heterocycles. The largest absolute Gasteiger partial charge is 0.496 e. The Labute approximate surface area is 180 Å². The molecule has 1 amide bonds. The summed E-state index contributed by atoms with van der Waals surface area (Å²) in [6.45, 7) is 1.72. The molecule has 0 spiro atoms. The number of oxazole rings is 1. The van der Waals surface area contributed by atoms with Crippen LogP contribution < -0.4 is 9.64 Å². The van der Waals surface area contributed by atoms with Crippen LogP contribution in [0.2, 0.25) is 0 Å². The lowest BCUT2D eigenvalue weighted by Gasteiger charge is -2.33. The van der Waals surface area contributed by atoms with E-state index >= 15 is 0 Å². The van der Waals surface area contributed by atoms with Gasteiger partial charge in [0, 0.05) is 38.2 Å². The molecule has 8 heteroatoms. The minimum Gasteiger partial charge on any atom is -0.496 e. The van der Waals surface area contributed by atoms with Gasteiger partial charge in [-0.3, -0.25) is 4.79 Å². The number of hydrogen-bond donors (Lipinski definition) is 0. The number of ether oxygens (including phenoxy) is 1. The number of methoxy groups -OCH3 is 1. The maximum Gasteiger partial charge on any atom is 0.266 e. The first-order valence-corrected chi connectivity index (χ1v) is 10.2. The molecule has 8 nitrogen and oxygen atoms in total. The molecular formula is C23H24N4O4. The zero-order valence-electron chi connectivity index (χ0n) is 17.6. The quantitative estimate of drug-likeness (QED) is 0.600. The zero-order chi connectivity index (χ0) is 21.8. The van der Waals surface area contributed by atoms with E-state index in [4.69, 9.17) is 13.6 Å². The van der Waals surface area contributed by atoms with Crippen molar-refractivity contribution in [2.24, 2.45) is 5.92 Å². The van der Waals surface area contributed by atoms with E-state index in [0.29, 0.717) is 44.1 Å². The van der Waals surface area contributed by atoms with Crippen LogP contribution in [-0.2, 0) is 11.3 Å². The average Bonchev–Trinajstić information content (AvgIpc) is 3.49. The maximum atomic E-state index is 13.0. The normalized spacial score (nSPS) is 14.3. The second-order valence-electron chi connectivity index (χ2n) is 7.53. The average molecular weight is 420 g/mol. The molecule has 0 radical (unpaired) electrons. The zero-order valence-corrected chi connectivity index (χ0v) is 17.6. The van der Waals surface area contributed by atoms with E-state index < -0.39 is 0 Å². The van der Waals surface area contributed by atoms with E-state index in [1.165, 1.54) is 6.26 Å². The van der Waals surface area contributed by atoms with E-state index in [1.54, 1.807) is 24.1 Å². The number of aromatic nitrogens is 1. The fourth-order valence-electron chi connectivity index (χ4n) is 3.91. The van der Waals surface area contributed by atoms with Crippen molar-refractivity contribution in [1.29, 1.82) is 5.26 Å². The highest BCUT2D eigenvalue weighted by molar-refractivity contribution is 5.79. The Morgan fingerprint density at radius 2 is 2.06 bits per heavy atom. The number of carbonyl (C=O) groups is 1. The minimum absolute atomic E-state index is 0.0750. The van der Waals surface area contributed by atoms with Crippen molar-refractivity contribution in [3.63, 3.8) is 0 Å². The van der Waals surface area contributed by atoms with Gasteiger partial charge in [0.2, 0.25) is 17.5 Å². The van der Waals surface area contributed by atoms with Crippen LogP contribution in [0.15, 0.2) is 51.5 Å². The van der Waals surface area contributed by atoms with Gasteiger partial charge in [0.1, 0.15) is 11.8 Å². The van der Waals surface area contributed by atoms with Crippen LogP contribution in [0, 0.1) is 17.2 Å². The smallest absolute Gasteiger partial charge is 0.266 e. The molecular weight excluding hydrogens is 396 g/mol. The van der Waals surface area contributed by atoms with E-state index in [0.717, 1.165) is 11.3 Å². The van der Waals surface area contributed by atoms with Gasteiger partial charge in [-0.2, -0.15) is 10.2 Å². The van der Waals surface area contributed by atoms with Crippen molar-refractivity contribution >= 4 is 11.8 Å². The molecule has 0 atom stereocenters. The summed E-state index contributed by atoms with van der Waals surface area (Å²) in [4.78, 5) is 21.0. The minimum atomic E-state index is -0.0750. The Bertz CT molecular complexity index is 1080. The molecule has 0 unspecified atom stereocenters. The summed E-state index contributed by atoms with van der Waals surface area (Å²) in [5, 5.41) is 9.46. The molecule has 3 heterocycles. The molecule has 3 aromatic rings. The van der Waals surface area contributed by atoms with Gasteiger partial charge in [0.05, 0.1) is 13.4 Å². The summed E-state index contributed by atoms with van der Waals surface area (Å²) in [5.74, 6) is 2.01. The number of anilines is 1. The van der Waals surface area contributed by atoms with Gasteiger partial charge in [0.25, 0.3) is 5.89 Å². The number of carbonyl (C=O) groups excluding carboxylic acids is 1. The van der Waals surface area contributed by atoms with Crippen LogP contribution in [-0.4, -0.2) is 43.0 Å². The summed E-state index contributed by atoms with van der Waals surface area (Å²) in [5.41, 5.74) is 1.20. The van der Waals surface area contributed by atoms with Gasteiger partial charge < -0.3 is 23.4 Å². The standard InChI is InChI=1S/C23H24N4O4/c1-26(15-17-6-3-4-7-19(17)29-2)22(28)16-9-11-27(12-10-16)23-18(14-24)25-21(31-23)20-8-5-13-30-20/h3-8,13,16H,9-12,15H2,1-2H3. The highest BCUT2D eigenvalue weighted by atomic mass is 16.5. The summed E-state index contributed by atoms with van der Waals surface area (Å²) in [7, 11) is 3.45. The van der Waals surface area contributed by atoms with Crippen LogP contribution in [0.5, 0.6) is 5.75 Å². The Kier molecular flexibility index (Phi) is 5.94. The number of nitriles is 1. The lowest BCUT2D eigenvalue weighted by atomic mass is 9.95. The molecule has 160 valence electrons. The van der Waals surface area contributed by atoms with Gasteiger partial charge in [-0.25, -0.2) is 0 Å². The van der Waals surface area contributed by atoms with E-state index in [9.17, 15) is 10.1 Å². The molecule has 0 saturated carbocycles. The second kappa shape index (κ2) is 8.96. The summed E-state index contributed by atoms with van der Waals surface area (Å²) in [6.07, 6.45) is 2.89. The van der Waals surface area contributed by atoms with Gasteiger partial charge >= 0.3 is 0 Å². The molecule has 1 aromatic carbocycles. The van der Waals surface area contributed by atoms with Gasteiger partial charge in [0.15, 0.2) is 5.76 Å². The summed E-state index contributed by atoms with van der Waals surface area (Å²) < 4.78 is 16.5. The predicted molar refractivity (Wildman–Crippen MR) is 113 cm³/mol. The first-order chi connectivity index (χ1) is 15.1. The second-order valence-corrected chi connectivity index (χ2v) is 7.53. The highest BCUT2D eigenvalue weighted by Gasteiger charge is 2.30. The van der Waals surface area contributed by atoms with Gasteiger partial charge in [-0.05, 0) is 31.0 Å². The topological polar surface area (TPSA) is 95.7 Å². The van der Waals surface area contributed by atoms with Crippen LogP contribution >= 0.6 is 0 Å². The van der Waals surface area contributed by atoms with Gasteiger partial charge in [-0.15, -0.1) is 0 Å². The Hall–Kier alpha value is -3.73. The molecule has 1 aliphatic rings. The van der Waals surface area contributed by atoms with Crippen molar-refractivity contribution in [2.75, 3.05) is 32.1 Å². The third-order valence-electron chi connectivity index (χ3n) is 5.55. The van der Waals surface area contributed by atoms with Crippen molar-refractivity contribution in [1.82, 2.24) is 9.88 Å². The molecule has 2 aromatic heterocycles. The van der Waals surface area contributed by atoms with Crippen molar-refractivity contribution < 1.29 is 18.4 Å². The van der Waals surface area contributed by atoms with Crippen molar-refractivity contribution in [3.05, 3.63) is 53.9 Å². The monoisotopic (exact) mass is 420 g/mol. The lowest BCUT2D eigenvalue weighted by molar-refractivity contribution is -0.135. The molecule has 1 fully saturated rings. The highest BCUT2D eigenvalue weighted by Crippen LogP contribution is 2.32. The number of benzene rings is 1. The van der Waals surface area contributed by atoms with Crippen LogP contribution in [0.3, 0.4) is 0 Å². The number of para-hydroxylation sites is 1. The first kappa shape index (κ1) is 20.5. The fraction of sp³-hybridized carbons (Fsp3) is 0.348. The molecule has 0 bridgehead atoms. The Balaban J connectivity index is 1.39. The van der Waals surface area contributed by atoms with Crippen LogP contribution in [0.25, 0.3) is 11.7 Å². The maximum absolute atomic E-state index is 13.0. The van der Waals surface area contributed by atoms with E-state index in [2.05, 4.69) is 11.1 Å². The number of hydrogen-bond acceptors (Lipinski definition) is 7. The number of amides is 1. The number of furan rings is 1. The van der Waals surface area contributed by atoms with E-state index in [1.807, 2.05) is 36.2 Å². The first-order valence-electron chi connectivity index (χ1n) is 10.2. The number of rotatable bonds is 6. The lowest BCUT2D eigenvalue weighted by Crippen LogP contribution is -2.41. The molecule has 4 rings (SSSR count). The molecule has 31 heavy (non-hydrogen) atoms. The third kappa shape index (κ3) is 4.26. The third-order valence-corrected chi connectivity index (χ3v) is 5.55. The summed E-state index contributed by atoms with van der Waals surface area (Å²) >= 11 is 0. The number of piperidine rings is 1.